The van der Waals surface area contributed by atoms with Crippen LogP contribution in [0.5, 0.6) is 0 Å². The lowest BCUT2D eigenvalue weighted by Gasteiger charge is -2.10. The number of aliphatic hydroxyl groups is 1. The van der Waals surface area contributed by atoms with Gasteiger partial charge >= 0.3 is 11.7 Å². The number of esters is 1. The maximum atomic E-state index is 14.3. The fourth-order valence-electron chi connectivity index (χ4n) is 1.79. The third kappa shape index (κ3) is 3.36. The third-order valence-electron chi connectivity index (χ3n) is 3.00. The number of methoxy groups -OCH3 is 1. The summed E-state index contributed by atoms with van der Waals surface area (Å²) in [6.07, 6.45) is 0.793. The molecule has 0 unspecified atom stereocenters. The van der Waals surface area contributed by atoms with Crippen molar-refractivity contribution in [3.8, 4) is 0 Å². The summed E-state index contributed by atoms with van der Waals surface area (Å²) < 4.78 is 46.0. The Balaban J connectivity index is 3.94. The Morgan fingerprint density at radius 1 is 1.33 bits per heavy atom. The third-order valence-corrected chi connectivity index (χ3v) is 3.00. The first-order valence-corrected chi connectivity index (χ1v) is 6.52. The number of aliphatic imine (C=N–C) groups is 1. The van der Waals surface area contributed by atoms with Crippen molar-refractivity contribution in [1.29, 1.82) is 0 Å². The number of hydrogen-bond acceptors (Lipinski definition) is 6. The van der Waals surface area contributed by atoms with Crippen molar-refractivity contribution in [3.63, 3.8) is 0 Å². The van der Waals surface area contributed by atoms with Crippen LogP contribution in [-0.4, -0.2) is 35.9 Å². The van der Waals surface area contributed by atoms with E-state index in [1.54, 1.807) is 6.92 Å². The van der Waals surface area contributed by atoms with E-state index in [1.807, 2.05) is 0 Å². The Morgan fingerprint density at radius 2 is 1.92 bits per heavy atom. The number of rotatable bonds is 5. The molecule has 1 aromatic carbocycles. The Kier molecular flexibility index (Phi) is 6.04. The van der Waals surface area contributed by atoms with Crippen LogP contribution in [-0.2, 0) is 9.53 Å². The van der Waals surface area contributed by atoms with Crippen LogP contribution in [0.2, 0.25) is 0 Å². The molecular weight excluding hydrogens is 333 g/mol. The van der Waals surface area contributed by atoms with Gasteiger partial charge in [0.05, 0.1) is 12.0 Å². The molecule has 0 aliphatic rings. The second-order valence-corrected chi connectivity index (χ2v) is 4.43. The summed E-state index contributed by atoms with van der Waals surface area (Å²) in [6, 6.07) is 0. The fourth-order valence-corrected chi connectivity index (χ4v) is 1.79. The van der Waals surface area contributed by atoms with Gasteiger partial charge in [-0.15, -0.1) is 0 Å². The second-order valence-electron chi connectivity index (χ2n) is 4.43. The van der Waals surface area contributed by atoms with Crippen molar-refractivity contribution in [1.82, 2.24) is 0 Å². The van der Waals surface area contributed by atoms with Gasteiger partial charge in [0.1, 0.15) is 22.7 Å². The van der Waals surface area contributed by atoms with Gasteiger partial charge < -0.3 is 9.84 Å². The van der Waals surface area contributed by atoms with E-state index in [1.165, 1.54) is 0 Å². The molecule has 1 N–H and O–H groups in total. The normalized spacial score (nSPS) is 12.2. The number of carbonyl (C=O) groups excluding carboxylic acids is 1. The molecule has 0 saturated carbocycles. The summed E-state index contributed by atoms with van der Waals surface area (Å²) in [4.78, 5) is 24.9. The zero-order valence-electron chi connectivity index (χ0n) is 12.9. The van der Waals surface area contributed by atoms with Crippen LogP contribution < -0.4 is 0 Å². The van der Waals surface area contributed by atoms with Gasteiger partial charge in [-0.05, 0) is 13.8 Å². The van der Waals surface area contributed by atoms with Crippen LogP contribution in [0, 0.1) is 34.5 Å². The van der Waals surface area contributed by atoms with Crippen LogP contribution in [0.4, 0.5) is 18.9 Å². The van der Waals surface area contributed by atoms with Gasteiger partial charge in [-0.25, -0.2) is 13.6 Å². The molecule has 0 saturated heterocycles. The molecule has 1 rings (SSSR count). The highest BCUT2D eigenvalue weighted by molar-refractivity contribution is 6.15. The Bertz CT molecular complexity index is 760. The quantitative estimate of drug-likeness (QED) is 0.168. The Morgan fingerprint density at radius 3 is 2.38 bits per heavy atom. The van der Waals surface area contributed by atoms with E-state index in [2.05, 4.69) is 9.73 Å². The van der Waals surface area contributed by atoms with E-state index in [9.17, 15) is 33.2 Å². The topological polar surface area (TPSA) is 102 Å². The van der Waals surface area contributed by atoms with Crippen molar-refractivity contribution < 1.29 is 32.7 Å². The lowest BCUT2D eigenvalue weighted by atomic mass is 10.0. The number of halogens is 3. The zero-order valence-corrected chi connectivity index (χ0v) is 12.9. The number of ether oxygens (including phenoxy) is 1. The maximum absolute atomic E-state index is 14.3. The highest BCUT2D eigenvalue weighted by Gasteiger charge is 2.35. The summed E-state index contributed by atoms with van der Waals surface area (Å²) in [5, 5.41) is 21.1. The first-order chi connectivity index (χ1) is 11.2. The molecule has 130 valence electrons. The van der Waals surface area contributed by atoms with Crippen LogP contribution in [0.3, 0.4) is 0 Å². The van der Waals surface area contributed by atoms with Gasteiger partial charge in [-0.3, -0.25) is 15.1 Å². The molecule has 0 fully saturated rings. The lowest BCUT2D eigenvalue weighted by molar-refractivity contribution is -0.388. The Hall–Kier alpha value is -2.91. The number of aliphatic hydroxyl groups excluding tert-OH is 1. The first kappa shape index (κ1) is 19.1. The maximum Gasteiger partial charge on any atom is 0.343 e. The minimum Gasteiger partial charge on any atom is -0.506 e. The minimum absolute atomic E-state index is 0.162. The van der Waals surface area contributed by atoms with Gasteiger partial charge in [0, 0.05) is 18.3 Å². The van der Waals surface area contributed by atoms with Crippen molar-refractivity contribution in [2.45, 2.75) is 13.8 Å². The highest BCUT2D eigenvalue weighted by Crippen LogP contribution is 2.35. The van der Waals surface area contributed by atoms with Crippen LogP contribution in [0.15, 0.2) is 10.6 Å². The molecule has 7 nitrogen and oxygen atoms in total. The van der Waals surface area contributed by atoms with Crippen LogP contribution >= 0.6 is 0 Å². The molecule has 1 aromatic rings. The number of nitro benzene ring substituents is 1. The Labute approximate surface area is 134 Å². The molecule has 0 bridgehead atoms. The molecule has 0 spiro atoms. The summed E-state index contributed by atoms with van der Waals surface area (Å²) in [6.45, 7) is 2.56. The van der Waals surface area contributed by atoms with Gasteiger partial charge in [-0.1, -0.05) is 0 Å². The molecule has 0 radical (unpaired) electrons. The minimum atomic E-state index is -1.96. The molecule has 24 heavy (non-hydrogen) atoms. The van der Waals surface area contributed by atoms with Crippen molar-refractivity contribution >= 4 is 23.6 Å². The fraction of sp³-hybridized carbons (Fsp3) is 0.286. The largest absolute Gasteiger partial charge is 0.506 e. The molecule has 10 heteroatoms. The summed E-state index contributed by atoms with van der Waals surface area (Å²) >= 11 is 0. The van der Waals surface area contributed by atoms with Crippen molar-refractivity contribution in [3.05, 3.63) is 44.3 Å². The highest BCUT2D eigenvalue weighted by atomic mass is 19.2. The predicted octanol–water partition coefficient (Wildman–Crippen LogP) is 2.85. The van der Waals surface area contributed by atoms with E-state index >= 15 is 0 Å². The standard InChI is InChI=1S/C14H13F3N2O5/c1-4-18-5-7(14(21)24-3)13(20)8-9(15)6(2)10(16)11(17)12(8)19(22)23/h5,20H,4H2,1-3H3. The first-order valence-electron chi connectivity index (χ1n) is 6.52. The van der Waals surface area contributed by atoms with Crippen molar-refractivity contribution in [2.75, 3.05) is 13.7 Å². The van der Waals surface area contributed by atoms with E-state index in [0.717, 1.165) is 20.2 Å². The average molecular weight is 346 g/mol. The number of hydrogen-bond donors (Lipinski definition) is 1. The number of nitrogens with zero attached hydrogens (tertiary/aromatic N) is 2. The molecule has 0 atom stereocenters. The van der Waals surface area contributed by atoms with Gasteiger partial charge in [0.2, 0.25) is 5.82 Å². The molecule has 0 aliphatic carbocycles. The SMILES string of the molecule is CCN=CC(C(=O)OC)=C(O)c1c(F)c(C)c(F)c(F)c1[N+](=O)[O-]. The molecular formula is C14H13F3N2O5. The number of benzene rings is 1. The molecule has 0 aliphatic heterocycles. The summed E-state index contributed by atoms with van der Waals surface area (Å²) in [5.41, 5.74) is -4.54. The van der Waals surface area contributed by atoms with Gasteiger partial charge in [0.25, 0.3) is 0 Å². The predicted molar refractivity (Wildman–Crippen MR) is 78.3 cm³/mol. The zero-order chi connectivity index (χ0) is 18.6. The van der Waals surface area contributed by atoms with Crippen LogP contribution in [0.25, 0.3) is 5.76 Å². The van der Waals surface area contributed by atoms with Crippen LogP contribution in [0.1, 0.15) is 18.1 Å². The van der Waals surface area contributed by atoms with Gasteiger partial charge in [0.15, 0.2) is 5.82 Å². The average Bonchev–Trinajstić information content (AvgIpc) is 2.55. The summed E-state index contributed by atoms with van der Waals surface area (Å²) in [7, 11) is 0.941. The number of carbonyl (C=O) groups is 1. The lowest BCUT2D eigenvalue weighted by Crippen LogP contribution is -2.13. The van der Waals surface area contributed by atoms with Gasteiger partial charge in [-0.2, -0.15) is 4.39 Å². The smallest absolute Gasteiger partial charge is 0.343 e. The number of nitro groups is 1. The van der Waals surface area contributed by atoms with E-state index < -0.39 is 56.5 Å². The second kappa shape index (κ2) is 7.57. The van der Waals surface area contributed by atoms with E-state index in [-0.39, 0.29) is 6.54 Å². The van der Waals surface area contributed by atoms with E-state index in [4.69, 9.17) is 0 Å². The van der Waals surface area contributed by atoms with E-state index in [0.29, 0.717) is 0 Å². The molecule has 0 amide bonds. The monoisotopic (exact) mass is 346 g/mol. The molecule has 0 heterocycles. The molecule has 0 aromatic heterocycles. The van der Waals surface area contributed by atoms with Crippen molar-refractivity contribution in [2.24, 2.45) is 4.99 Å². The summed E-state index contributed by atoms with van der Waals surface area (Å²) in [5.74, 6) is -7.79.